The summed E-state index contributed by atoms with van der Waals surface area (Å²) in [4.78, 5) is 27.1. The first-order valence-corrected chi connectivity index (χ1v) is 10.1. The van der Waals surface area contributed by atoms with E-state index in [2.05, 4.69) is 15.9 Å². The van der Waals surface area contributed by atoms with Gasteiger partial charge in [0.1, 0.15) is 28.3 Å². The van der Waals surface area contributed by atoms with E-state index in [1.807, 2.05) is 54.6 Å². The van der Waals surface area contributed by atoms with Crippen LogP contribution in [0.1, 0.15) is 11.1 Å². The molecular weight excluding hydrogens is 430 g/mol. The van der Waals surface area contributed by atoms with Crippen molar-refractivity contribution in [1.82, 2.24) is 4.90 Å². The number of esters is 1. The van der Waals surface area contributed by atoms with E-state index in [4.69, 9.17) is 9.47 Å². The number of β-lactam (4-membered cyclic amide) rings is 1. The highest BCUT2D eigenvalue weighted by molar-refractivity contribution is 9.10. The standard InChI is InChI=1S/C20H16BrNO4S/c1-25-14-9-7-12(8-10-14)11-26-20(24)16-17(13-5-3-2-4-6-13)27-19-15(21)18(23)22(16)19/h2-10,15,19H,11H2,1H3/t15-,19+/m0/s1. The number of nitrogens with zero attached hydrogens (tertiary/aromatic N) is 1. The molecule has 1 saturated heterocycles. The van der Waals surface area contributed by atoms with Crippen LogP contribution in [0, 0.1) is 0 Å². The zero-order chi connectivity index (χ0) is 19.0. The number of ether oxygens (including phenoxy) is 2. The number of halogens is 1. The van der Waals surface area contributed by atoms with Crippen LogP contribution in [0.2, 0.25) is 0 Å². The predicted octanol–water partition coefficient (Wildman–Crippen LogP) is 3.79. The largest absolute Gasteiger partial charge is 0.497 e. The summed E-state index contributed by atoms with van der Waals surface area (Å²) in [5.41, 5.74) is 2.08. The van der Waals surface area contributed by atoms with Gasteiger partial charge >= 0.3 is 5.97 Å². The minimum atomic E-state index is -0.493. The van der Waals surface area contributed by atoms with Crippen LogP contribution in [0.3, 0.4) is 0 Å². The van der Waals surface area contributed by atoms with Gasteiger partial charge in [-0.05, 0) is 23.3 Å². The Morgan fingerprint density at radius 1 is 1.15 bits per heavy atom. The van der Waals surface area contributed by atoms with E-state index in [1.165, 1.54) is 16.7 Å². The Balaban J connectivity index is 1.57. The number of benzene rings is 2. The van der Waals surface area contributed by atoms with E-state index in [9.17, 15) is 9.59 Å². The number of hydrogen-bond donors (Lipinski definition) is 0. The molecule has 1 amide bonds. The third-order valence-corrected chi connectivity index (χ3v) is 7.06. The number of fused-ring (bicyclic) bond motifs is 1. The van der Waals surface area contributed by atoms with Gasteiger partial charge < -0.3 is 9.47 Å². The molecule has 4 rings (SSSR count). The number of carbonyl (C=O) groups excluding carboxylic acids is 2. The molecule has 2 aliphatic rings. The first-order chi connectivity index (χ1) is 13.1. The van der Waals surface area contributed by atoms with Gasteiger partial charge in [-0.2, -0.15) is 0 Å². The fourth-order valence-electron chi connectivity index (χ4n) is 2.99. The molecular formula is C20H16BrNO4S. The summed E-state index contributed by atoms with van der Waals surface area (Å²) < 4.78 is 10.6. The van der Waals surface area contributed by atoms with E-state index in [-0.39, 0.29) is 22.7 Å². The first-order valence-electron chi connectivity index (χ1n) is 8.33. The first kappa shape index (κ1) is 18.1. The number of alkyl halides is 1. The minimum Gasteiger partial charge on any atom is -0.497 e. The molecule has 0 radical (unpaired) electrons. The van der Waals surface area contributed by atoms with Crippen LogP contribution in [0.4, 0.5) is 0 Å². The van der Waals surface area contributed by atoms with Crippen LogP contribution in [-0.2, 0) is 20.9 Å². The van der Waals surface area contributed by atoms with Gasteiger partial charge in [-0.15, -0.1) is 0 Å². The maximum Gasteiger partial charge on any atom is 0.356 e. The number of amides is 1. The van der Waals surface area contributed by atoms with Crippen LogP contribution < -0.4 is 4.74 Å². The fourth-order valence-corrected chi connectivity index (χ4v) is 5.13. The van der Waals surface area contributed by atoms with Gasteiger partial charge in [-0.3, -0.25) is 9.69 Å². The Kier molecular flexibility index (Phi) is 4.97. The third kappa shape index (κ3) is 3.26. The van der Waals surface area contributed by atoms with Gasteiger partial charge in [0.2, 0.25) is 5.91 Å². The lowest BCUT2D eigenvalue weighted by atomic mass is 10.1. The monoisotopic (exact) mass is 445 g/mol. The van der Waals surface area contributed by atoms with Gasteiger partial charge in [-0.25, -0.2) is 4.79 Å². The highest BCUT2D eigenvalue weighted by Gasteiger charge is 2.55. The molecule has 0 saturated carbocycles. The number of carbonyl (C=O) groups is 2. The van der Waals surface area contributed by atoms with Crippen LogP contribution in [0.5, 0.6) is 5.75 Å². The molecule has 0 unspecified atom stereocenters. The lowest BCUT2D eigenvalue weighted by Gasteiger charge is -2.39. The van der Waals surface area contributed by atoms with Gasteiger partial charge in [-0.1, -0.05) is 70.2 Å². The molecule has 27 heavy (non-hydrogen) atoms. The van der Waals surface area contributed by atoms with E-state index in [1.54, 1.807) is 7.11 Å². The summed E-state index contributed by atoms with van der Waals surface area (Å²) in [7, 11) is 1.60. The quantitative estimate of drug-likeness (QED) is 0.398. The van der Waals surface area contributed by atoms with Crippen molar-refractivity contribution >= 4 is 44.5 Å². The molecule has 2 aromatic carbocycles. The molecule has 2 aliphatic heterocycles. The maximum atomic E-state index is 12.8. The number of hydrogen-bond acceptors (Lipinski definition) is 5. The zero-order valence-electron chi connectivity index (χ0n) is 14.4. The zero-order valence-corrected chi connectivity index (χ0v) is 16.8. The van der Waals surface area contributed by atoms with Crippen LogP contribution in [0.15, 0.2) is 60.3 Å². The molecule has 0 aliphatic carbocycles. The number of methoxy groups -OCH3 is 1. The Hall–Kier alpha value is -2.25. The highest BCUT2D eigenvalue weighted by atomic mass is 79.9. The minimum absolute atomic E-state index is 0.115. The topological polar surface area (TPSA) is 55.8 Å². The summed E-state index contributed by atoms with van der Waals surface area (Å²) in [5, 5.41) is -0.115. The second-order valence-corrected chi connectivity index (χ2v) is 8.20. The molecule has 138 valence electrons. The Morgan fingerprint density at radius 2 is 1.85 bits per heavy atom. The van der Waals surface area contributed by atoms with Crippen LogP contribution >= 0.6 is 27.7 Å². The van der Waals surface area contributed by atoms with Crippen molar-refractivity contribution in [2.75, 3.05) is 7.11 Å². The summed E-state index contributed by atoms with van der Waals surface area (Å²) in [5.74, 6) is 0.131. The molecule has 0 aromatic heterocycles. The smallest absolute Gasteiger partial charge is 0.356 e. The molecule has 2 aromatic rings. The normalized spacial score (nSPS) is 21.0. The van der Waals surface area contributed by atoms with Crippen molar-refractivity contribution in [3.63, 3.8) is 0 Å². The van der Waals surface area contributed by atoms with Crippen molar-refractivity contribution < 1.29 is 19.1 Å². The van der Waals surface area contributed by atoms with Gasteiger partial charge in [0.15, 0.2) is 0 Å². The van der Waals surface area contributed by atoms with Crippen molar-refractivity contribution in [3.8, 4) is 5.75 Å². The SMILES string of the molecule is COc1ccc(COC(=O)C2=C(c3ccccc3)S[C@@H]3[C@@H](Br)C(=O)N23)cc1. The molecule has 5 nitrogen and oxygen atoms in total. The Labute approximate surface area is 169 Å². The molecule has 2 atom stereocenters. The fraction of sp³-hybridized carbons (Fsp3) is 0.200. The molecule has 0 N–H and O–H groups in total. The second-order valence-electron chi connectivity index (χ2n) is 6.09. The lowest BCUT2D eigenvalue weighted by Crippen LogP contribution is -2.58. The van der Waals surface area contributed by atoms with Crippen molar-refractivity contribution in [2.45, 2.75) is 16.8 Å². The van der Waals surface area contributed by atoms with Crippen LogP contribution in [0.25, 0.3) is 4.91 Å². The summed E-state index contributed by atoms with van der Waals surface area (Å²) in [6.45, 7) is 0.128. The van der Waals surface area contributed by atoms with Crippen molar-refractivity contribution in [3.05, 3.63) is 71.4 Å². The predicted molar refractivity (Wildman–Crippen MR) is 107 cm³/mol. The molecule has 1 fully saturated rings. The van der Waals surface area contributed by atoms with Crippen molar-refractivity contribution in [2.24, 2.45) is 0 Å². The third-order valence-electron chi connectivity index (χ3n) is 4.43. The molecule has 2 heterocycles. The van der Waals surface area contributed by atoms with E-state index >= 15 is 0 Å². The van der Waals surface area contributed by atoms with Crippen molar-refractivity contribution in [1.29, 1.82) is 0 Å². The summed E-state index contributed by atoms with van der Waals surface area (Å²) in [6, 6.07) is 16.9. The Bertz CT molecular complexity index is 913. The van der Waals surface area contributed by atoms with Gasteiger partial charge in [0, 0.05) is 4.91 Å². The number of rotatable bonds is 5. The second kappa shape index (κ2) is 7.40. The average molecular weight is 446 g/mol. The maximum absolute atomic E-state index is 12.8. The van der Waals surface area contributed by atoms with Gasteiger partial charge in [0.05, 0.1) is 7.11 Å². The van der Waals surface area contributed by atoms with E-state index in [0.717, 1.165) is 21.8 Å². The molecule has 0 spiro atoms. The molecule has 0 bridgehead atoms. The van der Waals surface area contributed by atoms with Crippen LogP contribution in [-0.4, -0.2) is 34.1 Å². The van der Waals surface area contributed by atoms with E-state index < -0.39 is 5.97 Å². The highest BCUT2D eigenvalue weighted by Crippen LogP contribution is 2.52. The number of thioether (sulfide) groups is 1. The van der Waals surface area contributed by atoms with Gasteiger partial charge in [0.25, 0.3) is 0 Å². The molecule has 7 heteroatoms. The summed E-state index contributed by atoms with van der Waals surface area (Å²) >= 11 is 4.90. The summed E-state index contributed by atoms with van der Waals surface area (Å²) in [6.07, 6.45) is 0. The Morgan fingerprint density at radius 3 is 2.52 bits per heavy atom. The lowest BCUT2D eigenvalue weighted by molar-refractivity contribution is -0.148. The van der Waals surface area contributed by atoms with E-state index in [0.29, 0.717) is 5.70 Å². The average Bonchev–Trinajstić information content (AvgIpc) is 3.09.